The van der Waals surface area contributed by atoms with Crippen molar-refractivity contribution in [2.45, 2.75) is 33.6 Å². The van der Waals surface area contributed by atoms with E-state index in [0.29, 0.717) is 0 Å². The number of aryl methyl sites for hydroxylation is 3. The van der Waals surface area contributed by atoms with Gasteiger partial charge in [-0.25, -0.2) is 0 Å². The summed E-state index contributed by atoms with van der Waals surface area (Å²) >= 11 is 0. The van der Waals surface area contributed by atoms with Crippen molar-refractivity contribution in [3.63, 3.8) is 0 Å². The second kappa shape index (κ2) is 9.99. The predicted molar refractivity (Wildman–Crippen MR) is 176 cm³/mol. The van der Waals surface area contributed by atoms with Crippen LogP contribution in [-0.4, -0.2) is 6.71 Å². The van der Waals surface area contributed by atoms with Gasteiger partial charge in [-0.1, -0.05) is 149 Å². The molecule has 0 radical (unpaired) electrons. The molecule has 7 rings (SSSR count). The SMILES string of the molecule is Cc1ccc2c(c1B(c1ccc(-c3c(C)ccc4ccccc34)cc1)c1c(C)ccc3ccccc13)CCC=C2. The third kappa shape index (κ3) is 4.09. The lowest BCUT2D eigenvalue weighted by atomic mass is 9.34. The number of hydrogen-bond donors (Lipinski definition) is 0. The molecule has 0 unspecified atom stereocenters. The molecule has 0 saturated heterocycles. The summed E-state index contributed by atoms with van der Waals surface area (Å²) in [6.45, 7) is 6.98. The molecule has 0 spiro atoms. The van der Waals surface area contributed by atoms with Gasteiger partial charge < -0.3 is 0 Å². The highest BCUT2D eigenvalue weighted by Gasteiger charge is 2.30. The molecule has 0 aromatic heterocycles. The first-order valence-electron chi connectivity index (χ1n) is 14.5. The number of allylic oxidation sites excluding steroid dienone is 1. The second-order valence-corrected chi connectivity index (χ2v) is 11.4. The molecule has 6 aromatic rings. The summed E-state index contributed by atoms with van der Waals surface area (Å²) in [7, 11) is 0. The lowest BCUT2D eigenvalue weighted by Gasteiger charge is -2.27. The maximum Gasteiger partial charge on any atom is 0.243 e. The van der Waals surface area contributed by atoms with Gasteiger partial charge in [0, 0.05) is 0 Å². The Bertz CT molecular complexity index is 1920. The zero-order chi connectivity index (χ0) is 27.2. The molecule has 6 aromatic carbocycles. The van der Waals surface area contributed by atoms with Gasteiger partial charge in [-0.05, 0) is 83.0 Å². The Morgan fingerprint density at radius 2 is 1.18 bits per heavy atom. The van der Waals surface area contributed by atoms with E-state index in [1.54, 1.807) is 0 Å². The van der Waals surface area contributed by atoms with Gasteiger partial charge in [0.25, 0.3) is 0 Å². The molecule has 40 heavy (non-hydrogen) atoms. The highest BCUT2D eigenvalue weighted by Crippen LogP contribution is 2.32. The molecule has 0 N–H and O–H groups in total. The van der Waals surface area contributed by atoms with E-state index >= 15 is 0 Å². The van der Waals surface area contributed by atoms with Crippen LogP contribution in [0.1, 0.15) is 34.2 Å². The fraction of sp³-hybridized carbons (Fsp3) is 0.128. The Balaban J connectivity index is 1.48. The minimum atomic E-state index is 0.162. The maximum absolute atomic E-state index is 2.39. The average Bonchev–Trinajstić information content (AvgIpc) is 2.99. The zero-order valence-electron chi connectivity index (χ0n) is 23.5. The van der Waals surface area contributed by atoms with Gasteiger partial charge >= 0.3 is 0 Å². The van der Waals surface area contributed by atoms with Crippen LogP contribution in [0, 0.1) is 20.8 Å². The van der Waals surface area contributed by atoms with Crippen molar-refractivity contribution < 1.29 is 0 Å². The molecule has 1 aliphatic carbocycles. The summed E-state index contributed by atoms with van der Waals surface area (Å²) in [5.41, 5.74) is 13.8. The molecule has 0 nitrogen and oxygen atoms in total. The summed E-state index contributed by atoms with van der Waals surface area (Å²) in [6.07, 6.45) is 6.84. The van der Waals surface area contributed by atoms with E-state index in [1.807, 2.05) is 0 Å². The first-order valence-corrected chi connectivity index (χ1v) is 14.5. The number of hydrogen-bond acceptors (Lipinski definition) is 0. The molecular weight excluding hydrogens is 479 g/mol. The van der Waals surface area contributed by atoms with Gasteiger partial charge in [0.2, 0.25) is 6.71 Å². The molecule has 0 saturated carbocycles. The molecule has 0 heterocycles. The predicted octanol–water partition coefficient (Wildman–Crippen LogP) is 8.06. The highest BCUT2D eigenvalue weighted by molar-refractivity contribution is 6.97. The van der Waals surface area contributed by atoms with E-state index in [9.17, 15) is 0 Å². The molecule has 0 aliphatic heterocycles. The zero-order valence-corrected chi connectivity index (χ0v) is 23.5. The van der Waals surface area contributed by atoms with Crippen molar-refractivity contribution in [2.75, 3.05) is 0 Å². The fourth-order valence-corrected chi connectivity index (χ4v) is 6.95. The largest absolute Gasteiger partial charge is 0.243 e. The van der Waals surface area contributed by atoms with E-state index in [0.717, 1.165) is 12.8 Å². The molecule has 0 amide bonds. The summed E-state index contributed by atoms with van der Waals surface area (Å²) in [6, 6.07) is 40.8. The van der Waals surface area contributed by atoms with Crippen LogP contribution in [0.3, 0.4) is 0 Å². The van der Waals surface area contributed by atoms with Gasteiger partial charge in [-0.15, -0.1) is 0 Å². The van der Waals surface area contributed by atoms with Gasteiger partial charge in [0.05, 0.1) is 0 Å². The topological polar surface area (TPSA) is 0 Å². The van der Waals surface area contributed by atoms with Crippen molar-refractivity contribution in [1.29, 1.82) is 0 Å². The summed E-state index contributed by atoms with van der Waals surface area (Å²) in [4.78, 5) is 0. The number of benzene rings is 6. The normalized spacial score (nSPS) is 12.6. The maximum atomic E-state index is 2.39. The monoisotopic (exact) mass is 512 g/mol. The van der Waals surface area contributed by atoms with Crippen LogP contribution in [0.4, 0.5) is 0 Å². The lowest BCUT2D eigenvalue weighted by molar-refractivity contribution is 0.991. The molecule has 192 valence electrons. The molecule has 1 heteroatoms. The third-order valence-corrected chi connectivity index (χ3v) is 8.91. The van der Waals surface area contributed by atoms with E-state index in [2.05, 4.69) is 142 Å². The van der Waals surface area contributed by atoms with E-state index in [4.69, 9.17) is 0 Å². The Hall–Kier alpha value is -4.36. The van der Waals surface area contributed by atoms with Crippen LogP contribution < -0.4 is 16.4 Å². The Morgan fingerprint density at radius 3 is 1.95 bits per heavy atom. The fourth-order valence-electron chi connectivity index (χ4n) is 6.95. The molecule has 0 atom stereocenters. The van der Waals surface area contributed by atoms with Crippen LogP contribution in [-0.2, 0) is 6.42 Å². The first-order chi connectivity index (χ1) is 19.6. The van der Waals surface area contributed by atoms with Crippen LogP contribution in [0.15, 0.2) is 115 Å². The Labute approximate surface area is 238 Å². The van der Waals surface area contributed by atoms with Crippen LogP contribution in [0.5, 0.6) is 0 Å². The van der Waals surface area contributed by atoms with E-state index in [1.165, 1.54) is 76.9 Å². The van der Waals surface area contributed by atoms with E-state index in [-0.39, 0.29) is 6.71 Å². The van der Waals surface area contributed by atoms with E-state index < -0.39 is 0 Å². The molecule has 0 fully saturated rings. The highest BCUT2D eigenvalue weighted by atomic mass is 14.2. The molecular formula is C39H33B. The van der Waals surface area contributed by atoms with Crippen molar-refractivity contribution in [1.82, 2.24) is 0 Å². The van der Waals surface area contributed by atoms with Crippen molar-refractivity contribution in [3.8, 4) is 11.1 Å². The Morgan fingerprint density at radius 1 is 0.550 bits per heavy atom. The van der Waals surface area contributed by atoms with Crippen molar-refractivity contribution in [2.24, 2.45) is 0 Å². The number of fused-ring (bicyclic) bond motifs is 3. The van der Waals surface area contributed by atoms with Crippen molar-refractivity contribution >= 4 is 50.7 Å². The standard InChI is InChI=1S/C39H33B/c1-26-16-19-29-10-4-7-13-34(29)37(26)32-22-24-33(25-23-32)40(38-27(2)17-20-30-11-5-8-14-35(30)38)39-28(3)18-21-31-12-6-9-15-36(31)39/h4-8,10-14,16-25H,9,15H2,1-3H3. The average molecular weight is 513 g/mol. The van der Waals surface area contributed by atoms with Gasteiger partial charge in [-0.3, -0.25) is 0 Å². The summed E-state index contributed by atoms with van der Waals surface area (Å²) in [5, 5.41) is 5.26. The minimum absolute atomic E-state index is 0.162. The summed E-state index contributed by atoms with van der Waals surface area (Å²) in [5.74, 6) is 0. The van der Waals surface area contributed by atoms with Gasteiger partial charge in [0.15, 0.2) is 0 Å². The lowest BCUT2D eigenvalue weighted by Crippen LogP contribution is -2.55. The second-order valence-electron chi connectivity index (χ2n) is 11.4. The van der Waals surface area contributed by atoms with Gasteiger partial charge in [-0.2, -0.15) is 0 Å². The smallest absolute Gasteiger partial charge is 0.0836 e. The van der Waals surface area contributed by atoms with Crippen LogP contribution in [0.25, 0.3) is 38.7 Å². The minimum Gasteiger partial charge on any atom is -0.0836 e. The van der Waals surface area contributed by atoms with Crippen LogP contribution >= 0.6 is 0 Å². The molecule has 0 bridgehead atoms. The third-order valence-electron chi connectivity index (χ3n) is 8.91. The van der Waals surface area contributed by atoms with Crippen molar-refractivity contribution in [3.05, 3.63) is 143 Å². The number of rotatable bonds is 4. The Kier molecular flexibility index (Phi) is 6.16. The first kappa shape index (κ1) is 24.7. The van der Waals surface area contributed by atoms with Gasteiger partial charge in [0.1, 0.15) is 0 Å². The van der Waals surface area contributed by atoms with Crippen LogP contribution in [0.2, 0.25) is 0 Å². The quantitative estimate of drug-likeness (QED) is 0.210. The molecule has 1 aliphatic rings. The summed E-state index contributed by atoms with van der Waals surface area (Å²) < 4.78 is 0.